The lowest BCUT2D eigenvalue weighted by Crippen LogP contribution is -2.44. The molecule has 0 atom stereocenters. The summed E-state index contributed by atoms with van der Waals surface area (Å²) >= 11 is 2.11. The Balaban J connectivity index is 4.20. The molecule has 0 aliphatic heterocycles. The molecule has 1 N–H and O–H groups in total. The highest BCUT2D eigenvalue weighted by Crippen LogP contribution is 2.10. The van der Waals surface area contributed by atoms with Crippen molar-refractivity contribution in [2.45, 2.75) is 45.8 Å². The number of nitrogens with one attached hydrogen (secondary N) is 1. The fraction of sp³-hybridized carbons (Fsp3) is 0.700. The summed E-state index contributed by atoms with van der Waals surface area (Å²) in [5, 5.41) is 2.76. The summed E-state index contributed by atoms with van der Waals surface area (Å²) in [6, 6.07) is 0. The molecule has 0 aromatic carbocycles. The lowest BCUT2D eigenvalue weighted by molar-refractivity contribution is 0.0491. The van der Waals surface area contributed by atoms with Crippen molar-refractivity contribution in [3.05, 3.63) is 10.2 Å². The molecule has 0 bridgehead atoms. The maximum atomic E-state index is 11.4. The molecule has 3 nitrogen and oxygen atoms in total. The van der Waals surface area contributed by atoms with Crippen LogP contribution in [0.15, 0.2) is 10.2 Å². The summed E-state index contributed by atoms with van der Waals surface area (Å²) < 4.78 is 7.00. The van der Waals surface area contributed by atoms with E-state index in [-0.39, 0.29) is 5.54 Å². The van der Waals surface area contributed by atoms with E-state index in [9.17, 15) is 4.79 Å². The van der Waals surface area contributed by atoms with E-state index in [1.165, 1.54) is 0 Å². The SMILES string of the molecule is CC(C)(/C=C/I)NC(=O)OC(C)(C)C. The van der Waals surface area contributed by atoms with Gasteiger partial charge in [0.15, 0.2) is 0 Å². The van der Waals surface area contributed by atoms with Gasteiger partial charge in [-0.25, -0.2) is 4.79 Å². The Kier molecular flexibility index (Phi) is 4.91. The van der Waals surface area contributed by atoms with Crippen LogP contribution in [-0.4, -0.2) is 17.2 Å². The minimum absolute atomic E-state index is 0.372. The molecule has 0 spiro atoms. The third-order valence-electron chi connectivity index (χ3n) is 1.30. The first-order chi connectivity index (χ1) is 6.16. The molecule has 0 heterocycles. The zero-order chi connectivity index (χ0) is 11.4. The van der Waals surface area contributed by atoms with Crippen LogP contribution in [0.2, 0.25) is 0 Å². The zero-order valence-electron chi connectivity index (χ0n) is 9.35. The number of alkyl carbamates (subject to hydrolysis) is 1. The second-order valence-electron chi connectivity index (χ2n) is 4.64. The molecule has 0 aliphatic rings. The Morgan fingerprint density at radius 2 is 1.79 bits per heavy atom. The van der Waals surface area contributed by atoms with Gasteiger partial charge >= 0.3 is 6.09 Å². The van der Waals surface area contributed by atoms with Crippen LogP contribution in [0, 0.1) is 0 Å². The summed E-state index contributed by atoms with van der Waals surface area (Å²) in [5.41, 5.74) is -0.822. The predicted octanol–water partition coefficient (Wildman–Crippen LogP) is 3.24. The van der Waals surface area contributed by atoms with Crippen molar-refractivity contribution in [1.29, 1.82) is 0 Å². The highest BCUT2D eigenvalue weighted by atomic mass is 127. The van der Waals surface area contributed by atoms with E-state index in [1.807, 2.05) is 44.8 Å². The molecule has 14 heavy (non-hydrogen) atoms. The van der Waals surface area contributed by atoms with Gasteiger partial charge in [-0.15, -0.1) is 0 Å². The molecule has 4 heteroatoms. The minimum Gasteiger partial charge on any atom is -0.444 e. The monoisotopic (exact) mass is 311 g/mol. The van der Waals surface area contributed by atoms with Gasteiger partial charge in [-0.05, 0) is 38.7 Å². The van der Waals surface area contributed by atoms with E-state index in [0.29, 0.717) is 0 Å². The van der Waals surface area contributed by atoms with Gasteiger partial charge in [-0.3, -0.25) is 0 Å². The third kappa shape index (κ3) is 7.17. The summed E-state index contributed by atoms with van der Waals surface area (Å²) in [6.45, 7) is 9.34. The van der Waals surface area contributed by atoms with Crippen molar-refractivity contribution in [3.8, 4) is 0 Å². The van der Waals surface area contributed by atoms with Crippen LogP contribution in [0.1, 0.15) is 34.6 Å². The van der Waals surface area contributed by atoms with Crippen LogP contribution in [-0.2, 0) is 4.74 Å². The first kappa shape index (κ1) is 13.7. The maximum Gasteiger partial charge on any atom is 0.408 e. The first-order valence-electron chi connectivity index (χ1n) is 4.45. The van der Waals surface area contributed by atoms with Crippen LogP contribution in [0.25, 0.3) is 0 Å². The second-order valence-corrected chi connectivity index (χ2v) is 5.36. The fourth-order valence-corrected chi connectivity index (χ4v) is 1.66. The standard InChI is InChI=1S/C10H18INO2/c1-9(2,3)14-8(13)12-10(4,5)6-7-11/h6-7H,1-5H3,(H,12,13)/b7-6+. The molecule has 0 aliphatic carbocycles. The first-order valence-corrected chi connectivity index (χ1v) is 5.70. The van der Waals surface area contributed by atoms with Crippen molar-refractivity contribution in [2.75, 3.05) is 0 Å². The molecule has 0 radical (unpaired) electrons. The van der Waals surface area contributed by atoms with Crippen molar-refractivity contribution in [2.24, 2.45) is 0 Å². The number of carbonyl (C=O) groups excluding carboxylic acids is 1. The predicted molar refractivity (Wildman–Crippen MR) is 66.6 cm³/mol. The van der Waals surface area contributed by atoms with Crippen molar-refractivity contribution < 1.29 is 9.53 Å². The topological polar surface area (TPSA) is 38.3 Å². The van der Waals surface area contributed by atoms with Crippen LogP contribution in [0.3, 0.4) is 0 Å². The van der Waals surface area contributed by atoms with Gasteiger partial charge in [0.05, 0.1) is 5.54 Å². The normalized spacial score (nSPS) is 13.0. The van der Waals surface area contributed by atoms with E-state index in [2.05, 4.69) is 27.9 Å². The Morgan fingerprint density at radius 3 is 2.14 bits per heavy atom. The van der Waals surface area contributed by atoms with E-state index < -0.39 is 11.7 Å². The lowest BCUT2D eigenvalue weighted by Gasteiger charge is -2.25. The van der Waals surface area contributed by atoms with Crippen LogP contribution >= 0.6 is 22.6 Å². The molecule has 1 amide bonds. The molecule has 0 saturated carbocycles. The smallest absolute Gasteiger partial charge is 0.408 e. The molecule has 0 saturated heterocycles. The summed E-state index contributed by atoms with van der Waals surface area (Å²) in [7, 11) is 0. The molecule has 82 valence electrons. The van der Waals surface area contributed by atoms with E-state index in [0.717, 1.165) is 0 Å². The van der Waals surface area contributed by atoms with Gasteiger partial charge in [0.1, 0.15) is 5.60 Å². The number of hydrogen-bond donors (Lipinski definition) is 1. The molecule has 0 rings (SSSR count). The highest BCUT2D eigenvalue weighted by Gasteiger charge is 2.21. The number of rotatable bonds is 2. The van der Waals surface area contributed by atoms with Crippen molar-refractivity contribution in [3.63, 3.8) is 0 Å². The number of ether oxygens (including phenoxy) is 1. The summed E-state index contributed by atoms with van der Waals surface area (Å²) in [4.78, 5) is 11.4. The van der Waals surface area contributed by atoms with Gasteiger partial charge in [0.2, 0.25) is 0 Å². The summed E-state index contributed by atoms with van der Waals surface area (Å²) in [6.07, 6.45) is 1.51. The Hall–Kier alpha value is -0.260. The molecule has 0 aromatic rings. The van der Waals surface area contributed by atoms with Gasteiger partial charge in [0.25, 0.3) is 0 Å². The second kappa shape index (κ2) is 5.00. The minimum atomic E-state index is -0.450. The highest BCUT2D eigenvalue weighted by molar-refractivity contribution is 14.1. The number of amides is 1. The Labute approximate surface area is 99.4 Å². The van der Waals surface area contributed by atoms with Gasteiger partial charge in [-0.2, -0.15) is 0 Å². The van der Waals surface area contributed by atoms with Gasteiger partial charge in [-0.1, -0.05) is 28.7 Å². The van der Waals surface area contributed by atoms with Crippen molar-refractivity contribution >= 4 is 28.7 Å². The molecular weight excluding hydrogens is 293 g/mol. The van der Waals surface area contributed by atoms with Gasteiger partial charge < -0.3 is 10.1 Å². The Bertz CT molecular complexity index is 229. The average molecular weight is 311 g/mol. The Morgan fingerprint density at radius 1 is 1.29 bits per heavy atom. The van der Waals surface area contributed by atoms with Crippen LogP contribution in [0.5, 0.6) is 0 Å². The van der Waals surface area contributed by atoms with Gasteiger partial charge in [0, 0.05) is 0 Å². The number of carbonyl (C=O) groups is 1. The lowest BCUT2D eigenvalue weighted by atomic mass is 10.1. The van der Waals surface area contributed by atoms with E-state index in [4.69, 9.17) is 4.74 Å². The van der Waals surface area contributed by atoms with Crippen LogP contribution in [0.4, 0.5) is 4.79 Å². The largest absolute Gasteiger partial charge is 0.444 e. The number of halogens is 1. The van der Waals surface area contributed by atoms with E-state index >= 15 is 0 Å². The molecule has 0 fully saturated rings. The number of hydrogen-bond acceptors (Lipinski definition) is 2. The average Bonchev–Trinajstić information content (AvgIpc) is 1.78. The molecule has 0 unspecified atom stereocenters. The summed E-state index contributed by atoms with van der Waals surface area (Å²) in [5.74, 6) is 0. The van der Waals surface area contributed by atoms with Crippen LogP contribution < -0.4 is 5.32 Å². The van der Waals surface area contributed by atoms with E-state index in [1.54, 1.807) is 0 Å². The zero-order valence-corrected chi connectivity index (χ0v) is 11.5. The third-order valence-corrected chi connectivity index (χ3v) is 1.66. The molecule has 0 aromatic heterocycles. The quantitative estimate of drug-likeness (QED) is 0.795. The van der Waals surface area contributed by atoms with Crippen molar-refractivity contribution in [1.82, 2.24) is 5.32 Å². The fourth-order valence-electron chi connectivity index (χ4n) is 0.766. The maximum absolute atomic E-state index is 11.4. The molecular formula is C10H18INO2.